The lowest BCUT2D eigenvalue weighted by molar-refractivity contribution is -0.123. The smallest absolute Gasteiger partial charge is 0.258 e. The first-order valence-corrected chi connectivity index (χ1v) is 5.62. The summed E-state index contributed by atoms with van der Waals surface area (Å²) in [6.07, 6.45) is 1.08. The number of aryl methyl sites for hydroxylation is 1. The second-order valence-corrected chi connectivity index (χ2v) is 4.03. The third-order valence-corrected chi connectivity index (χ3v) is 2.66. The highest BCUT2D eigenvalue weighted by Gasteiger charge is 2.11. The second-order valence-electron chi connectivity index (χ2n) is 4.03. The van der Waals surface area contributed by atoms with Gasteiger partial charge >= 0.3 is 0 Å². The van der Waals surface area contributed by atoms with Crippen LogP contribution >= 0.6 is 0 Å². The van der Waals surface area contributed by atoms with Crippen LogP contribution in [0.1, 0.15) is 6.92 Å². The Kier molecular flexibility index (Phi) is 3.32. The van der Waals surface area contributed by atoms with Crippen LogP contribution in [0.25, 0.3) is 11.3 Å². The molecule has 1 atom stereocenters. The average molecular weight is 245 g/mol. The summed E-state index contributed by atoms with van der Waals surface area (Å²) < 4.78 is 7.22. The molecule has 1 heterocycles. The summed E-state index contributed by atoms with van der Waals surface area (Å²) in [5.74, 6) is 0.126. The van der Waals surface area contributed by atoms with Crippen LogP contribution in [0.5, 0.6) is 5.75 Å². The zero-order valence-electron chi connectivity index (χ0n) is 10.3. The maximum atomic E-state index is 11.0. The standard InChI is InChI=1S/C13H15N3O2/c1-9(13(14)17)18-11-5-3-4-10(8-11)12-6-7-15-16(12)2/h3-9H,1-2H3,(H2,14,17)/t9-/m0/s1. The summed E-state index contributed by atoms with van der Waals surface area (Å²) >= 11 is 0. The number of hydrogen-bond acceptors (Lipinski definition) is 3. The molecular weight excluding hydrogens is 230 g/mol. The highest BCUT2D eigenvalue weighted by Crippen LogP contribution is 2.23. The van der Waals surface area contributed by atoms with Crippen molar-refractivity contribution in [2.24, 2.45) is 12.8 Å². The van der Waals surface area contributed by atoms with Crippen molar-refractivity contribution >= 4 is 5.91 Å². The molecule has 5 nitrogen and oxygen atoms in total. The van der Waals surface area contributed by atoms with Gasteiger partial charge in [0.1, 0.15) is 5.75 Å². The van der Waals surface area contributed by atoms with Crippen LogP contribution in [0.15, 0.2) is 36.5 Å². The van der Waals surface area contributed by atoms with Crippen LogP contribution in [0, 0.1) is 0 Å². The lowest BCUT2D eigenvalue weighted by Crippen LogP contribution is -2.30. The number of primary amides is 1. The molecule has 0 spiro atoms. The Hall–Kier alpha value is -2.30. The van der Waals surface area contributed by atoms with Gasteiger partial charge in [-0.2, -0.15) is 5.10 Å². The predicted molar refractivity (Wildman–Crippen MR) is 67.9 cm³/mol. The molecule has 18 heavy (non-hydrogen) atoms. The first-order valence-electron chi connectivity index (χ1n) is 5.62. The molecule has 0 saturated carbocycles. The van der Waals surface area contributed by atoms with E-state index in [0.717, 1.165) is 11.3 Å². The van der Waals surface area contributed by atoms with Crippen LogP contribution < -0.4 is 10.5 Å². The lowest BCUT2D eigenvalue weighted by Gasteiger charge is -2.12. The molecule has 2 aromatic rings. The number of rotatable bonds is 4. The first kappa shape index (κ1) is 12.2. The van der Waals surface area contributed by atoms with E-state index >= 15 is 0 Å². The van der Waals surface area contributed by atoms with Gasteiger partial charge in [-0.3, -0.25) is 9.48 Å². The maximum Gasteiger partial charge on any atom is 0.258 e. The van der Waals surface area contributed by atoms with Crippen molar-refractivity contribution in [3.8, 4) is 17.0 Å². The van der Waals surface area contributed by atoms with Crippen molar-refractivity contribution in [2.45, 2.75) is 13.0 Å². The number of ether oxygens (including phenoxy) is 1. The van der Waals surface area contributed by atoms with Crippen molar-refractivity contribution in [2.75, 3.05) is 0 Å². The van der Waals surface area contributed by atoms with Gasteiger partial charge in [-0.25, -0.2) is 0 Å². The molecule has 1 aromatic heterocycles. The van der Waals surface area contributed by atoms with Crippen LogP contribution in [-0.4, -0.2) is 21.8 Å². The Balaban J connectivity index is 2.26. The topological polar surface area (TPSA) is 70.1 Å². The minimum absolute atomic E-state index is 0.485. The van der Waals surface area contributed by atoms with E-state index in [4.69, 9.17) is 10.5 Å². The molecular formula is C13H15N3O2. The van der Waals surface area contributed by atoms with E-state index in [1.807, 2.05) is 31.3 Å². The van der Waals surface area contributed by atoms with Crippen LogP contribution in [0.4, 0.5) is 0 Å². The minimum Gasteiger partial charge on any atom is -0.481 e. The summed E-state index contributed by atoms with van der Waals surface area (Å²) in [5, 5.41) is 4.11. The van der Waals surface area contributed by atoms with E-state index < -0.39 is 12.0 Å². The third-order valence-electron chi connectivity index (χ3n) is 2.66. The third kappa shape index (κ3) is 2.51. The molecule has 5 heteroatoms. The molecule has 2 rings (SSSR count). The number of carbonyl (C=O) groups is 1. The van der Waals surface area contributed by atoms with E-state index in [9.17, 15) is 4.79 Å². The summed E-state index contributed by atoms with van der Waals surface area (Å²) in [6, 6.07) is 9.39. The molecule has 0 bridgehead atoms. The Morgan fingerprint density at radius 3 is 2.83 bits per heavy atom. The van der Waals surface area contributed by atoms with E-state index in [1.54, 1.807) is 23.9 Å². The van der Waals surface area contributed by atoms with Crippen molar-refractivity contribution in [1.29, 1.82) is 0 Å². The molecule has 0 unspecified atom stereocenters. The van der Waals surface area contributed by atoms with Crippen molar-refractivity contribution in [3.05, 3.63) is 36.5 Å². The van der Waals surface area contributed by atoms with Gasteiger partial charge in [0.15, 0.2) is 6.10 Å². The highest BCUT2D eigenvalue weighted by atomic mass is 16.5. The Bertz CT molecular complexity index is 563. The fourth-order valence-electron chi connectivity index (χ4n) is 1.65. The largest absolute Gasteiger partial charge is 0.481 e. The molecule has 0 radical (unpaired) electrons. The van der Waals surface area contributed by atoms with Gasteiger partial charge in [0.05, 0.1) is 5.69 Å². The highest BCUT2D eigenvalue weighted by molar-refractivity contribution is 5.78. The van der Waals surface area contributed by atoms with E-state index in [1.165, 1.54) is 0 Å². The van der Waals surface area contributed by atoms with Crippen molar-refractivity contribution < 1.29 is 9.53 Å². The lowest BCUT2D eigenvalue weighted by atomic mass is 10.1. The van der Waals surface area contributed by atoms with Gasteiger partial charge < -0.3 is 10.5 Å². The molecule has 1 amide bonds. The van der Waals surface area contributed by atoms with Crippen LogP contribution in [0.3, 0.4) is 0 Å². The van der Waals surface area contributed by atoms with E-state index in [-0.39, 0.29) is 0 Å². The quantitative estimate of drug-likeness (QED) is 0.883. The fourth-order valence-corrected chi connectivity index (χ4v) is 1.65. The monoisotopic (exact) mass is 245 g/mol. The Labute approximate surface area is 105 Å². The molecule has 0 saturated heterocycles. The van der Waals surface area contributed by atoms with Crippen molar-refractivity contribution in [1.82, 2.24) is 9.78 Å². The predicted octanol–water partition coefficient (Wildman–Crippen LogP) is 1.34. The number of hydrogen-bond donors (Lipinski definition) is 1. The molecule has 1 aromatic carbocycles. The number of aromatic nitrogens is 2. The Morgan fingerprint density at radius 1 is 1.44 bits per heavy atom. The molecule has 0 aliphatic heterocycles. The summed E-state index contributed by atoms with van der Waals surface area (Å²) in [5.41, 5.74) is 7.12. The first-order chi connectivity index (χ1) is 8.58. The van der Waals surface area contributed by atoms with Gasteiger partial charge in [-0.1, -0.05) is 12.1 Å². The zero-order valence-corrected chi connectivity index (χ0v) is 10.3. The minimum atomic E-state index is -0.646. The summed E-state index contributed by atoms with van der Waals surface area (Å²) in [7, 11) is 1.87. The Morgan fingerprint density at radius 2 is 2.22 bits per heavy atom. The van der Waals surface area contributed by atoms with E-state index in [2.05, 4.69) is 5.10 Å². The normalized spacial score (nSPS) is 12.1. The zero-order chi connectivity index (χ0) is 13.1. The fraction of sp³-hybridized carbons (Fsp3) is 0.231. The van der Waals surface area contributed by atoms with Crippen LogP contribution in [0.2, 0.25) is 0 Å². The van der Waals surface area contributed by atoms with Gasteiger partial charge in [0.25, 0.3) is 5.91 Å². The maximum absolute atomic E-state index is 11.0. The van der Waals surface area contributed by atoms with Gasteiger partial charge in [-0.15, -0.1) is 0 Å². The molecule has 0 aliphatic rings. The van der Waals surface area contributed by atoms with E-state index in [0.29, 0.717) is 5.75 Å². The summed E-state index contributed by atoms with van der Waals surface area (Å²) in [4.78, 5) is 11.0. The summed E-state index contributed by atoms with van der Waals surface area (Å²) in [6.45, 7) is 1.62. The molecule has 0 aliphatic carbocycles. The van der Waals surface area contributed by atoms with Crippen LogP contribution in [-0.2, 0) is 11.8 Å². The van der Waals surface area contributed by atoms with Gasteiger partial charge in [0, 0.05) is 18.8 Å². The SMILES string of the molecule is C[C@H](Oc1cccc(-c2ccnn2C)c1)C(N)=O. The number of nitrogens with zero attached hydrogens (tertiary/aromatic N) is 2. The molecule has 0 fully saturated rings. The number of amides is 1. The molecule has 2 N–H and O–H groups in total. The number of carbonyl (C=O) groups excluding carboxylic acids is 1. The van der Waals surface area contributed by atoms with Crippen molar-refractivity contribution in [3.63, 3.8) is 0 Å². The molecule has 94 valence electrons. The number of nitrogens with two attached hydrogens (primary N) is 1. The second kappa shape index (κ2) is 4.91. The van der Waals surface area contributed by atoms with Gasteiger partial charge in [0.2, 0.25) is 0 Å². The van der Waals surface area contributed by atoms with Gasteiger partial charge in [-0.05, 0) is 25.1 Å². The average Bonchev–Trinajstić information content (AvgIpc) is 2.75. The number of benzene rings is 1.